The zero-order valence-electron chi connectivity index (χ0n) is 17.2. The first-order valence-corrected chi connectivity index (χ1v) is 10.6. The van der Waals surface area contributed by atoms with Gasteiger partial charge in [-0.2, -0.15) is 0 Å². The predicted octanol–water partition coefficient (Wildman–Crippen LogP) is 2.83. The summed E-state index contributed by atoms with van der Waals surface area (Å²) in [4.78, 5) is 11.9. The van der Waals surface area contributed by atoms with Gasteiger partial charge in [-0.15, -0.1) is 24.0 Å². The molecular formula is C21H36IN5O. The first kappa shape index (κ1) is 23.3. The predicted molar refractivity (Wildman–Crippen MR) is 126 cm³/mol. The highest BCUT2D eigenvalue weighted by Crippen LogP contribution is 2.34. The van der Waals surface area contributed by atoms with Crippen LogP contribution in [-0.2, 0) is 11.2 Å². The van der Waals surface area contributed by atoms with Crippen LogP contribution in [-0.4, -0.2) is 67.3 Å². The van der Waals surface area contributed by atoms with E-state index in [1.807, 2.05) is 18.5 Å². The topological polar surface area (TPSA) is 61.8 Å². The lowest BCUT2D eigenvalue weighted by molar-refractivity contribution is -0.0333. The minimum atomic E-state index is 0. The van der Waals surface area contributed by atoms with Crippen LogP contribution in [0.3, 0.4) is 0 Å². The average molecular weight is 501 g/mol. The second-order valence-electron chi connectivity index (χ2n) is 7.62. The molecule has 2 N–H and O–H groups in total. The largest absolute Gasteiger partial charge is 0.379 e. The highest BCUT2D eigenvalue weighted by Gasteiger charge is 2.38. The maximum Gasteiger partial charge on any atom is 0.191 e. The summed E-state index contributed by atoms with van der Waals surface area (Å²) < 4.78 is 5.59. The van der Waals surface area contributed by atoms with Crippen LogP contribution in [0.5, 0.6) is 0 Å². The van der Waals surface area contributed by atoms with Gasteiger partial charge in [0, 0.05) is 44.1 Å². The van der Waals surface area contributed by atoms with Crippen molar-refractivity contribution in [1.82, 2.24) is 20.5 Å². The Balaban J connectivity index is 0.00000280. The van der Waals surface area contributed by atoms with Crippen molar-refractivity contribution in [1.29, 1.82) is 0 Å². The molecule has 0 amide bonds. The summed E-state index contributed by atoms with van der Waals surface area (Å²) >= 11 is 0. The molecule has 1 aliphatic heterocycles. The van der Waals surface area contributed by atoms with Gasteiger partial charge in [-0.05, 0) is 37.8 Å². The fourth-order valence-electron chi connectivity index (χ4n) is 4.26. The summed E-state index contributed by atoms with van der Waals surface area (Å²) in [6.45, 7) is 8.53. The lowest BCUT2D eigenvalue weighted by Crippen LogP contribution is -2.56. The number of halogens is 1. The molecule has 7 heteroatoms. The Bertz CT molecular complexity index is 571. The number of morpholine rings is 1. The summed E-state index contributed by atoms with van der Waals surface area (Å²) in [6.07, 6.45) is 11.2. The van der Waals surface area contributed by atoms with Crippen LogP contribution in [0, 0.1) is 0 Å². The minimum absolute atomic E-state index is 0. The van der Waals surface area contributed by atoms with Gasteiger partial charge in [-0.3, -0.25) is 14.9 Å². The van der Waals surface area contributed by atoms with Gasteiger partial charge in [-0.25, -0.2) is 0 Å². The van der Waals surface area contributed by atoms with E-state index >= 15 is 0 Å². The zero-order valence-corrected chi connectivity index (χ0v) is 19.5. The Labute approximate surface area is 186 Å². The summed E-state index contributed by atoms with van der Waals surface area (Å²) in [5.41, 5.74) is 1.46. The van der Waals surface area contributed by atoms with Gasteiger partial charge in [-0.1, -0.05) is 25.3 Å². The molecule has 1 aromatic heterocycles. The van der Waals surface area contributed by atoms with Crippen LogP contribution in [0.1, 0.15) is 44.6 Å². The van der Waals surface area contributed by atoms with Gasteiger partial charge >= 0.3 is 0 Å². The minimum Gasteiger partial charge on any atom is -0.379 e. The Morgan fingerprint density at radius 2 is 2.00 bits per heavy atom. The van der Waals surface area contributed by atoms with Crippen molar-refractivity contribution in [3.63, 3.8) is 0 Å². The molecule has 158 valence electrons. The van der Waals surface area contributed by atoms with Gasteiger partial charge in [0.05, 0.1) is 19.8 Å². The number of aliphatic imine (C=N–C) groups is 1. The zero-order chi connectivity index (χ0) is 18.8. The number of pyridine rings is 1. The van der Waals surface area contributed by atoms with Gasteiger partial charge < -0.3 is 15.4 Å². The third-order valence-corrected chi connectivity index (χ3v) is 5.77. The van der Waals surface area contributed by atoms with Gasteiger partial charge in [0.1, 0.15) is 0 Å². The molecule has 2 fully saturated rings. The number of hydrogen-bond donors (Lipinski definition) is 2. The monoisotopic (exact) mass is 501 g/mol. The molecule has 1 saturated carbocycles. The number of hydrogen-bond acceptors (Lipinski definition) is 4. The molecule has 1 aromatic rings. The molecule has 6 nitrogen and oxygen atoms in total. The van der Waals surface area contributed by atoms with E-state index in [9.17, 15) is 0 Å². The normalized spacial score (nSPS) is 20.2. The number of rotatable bonds is 7. The van der Waals surface area contributed by atoms with Crippen LogP contribution in [0.25, 0.3) is 0 Å². The molecule has 1 saturated heterocycles. The van der Waals surface area contributed by atoms with Gasteiger partial charge in [0.2, 0.25) is 0 Å². The summed E-state index contributed by atoms with van der Waals surface area (Å²) in [5, 5.41) is 6.91. The fourth-order valence-corrected chi connectivity index (χ4v) is 4.26. The maximum atomic E-state index is 5.59. The van der Waals surface area contributed by atoms with Crippen molar-refractivity contribution in [3.8, 4) is 0 Å². The van der Waals surface area contributed by atoms with Crippen molar-refractivity contribution in [2.24, 2.45) is 4.99 Å². The number of guanidine groups is 1. The van der Waals surface area contributed by atoms with Crippen molar-refractivity contribution in [3.05, 3.63) is 30.1 Å². The average Bonchev–Trinajstić information content (AvgIpc) is 2.74. The molecule has 2 heterocycles. The van der Waals surface area contributed by atoms with Crippen LogP contribution >= 0.6 is 24.0 Å². The van der Waals surface area contributed by atoms with E-state index in [2.05, 4.69) is 33.5 Å². The van der Waals surface area contributed by atoms with Crippen molar-refractivity contribution >= 4 is 29.9 Å². The van der Waals surface area contributed by atoms with Crippen molar-refractivity contribution in [2.45, 2.75) is 51.0 Å². The highest BCUT2D eigenvalue weighted by molar-refractivity contribution is 14.0. The Hall–Kier alpha value is -0.930. The third-order valence-electron chi connectivity index (χ3n) is 5.77. The van der Waals surface area contributed by atoms with E-state index in [1.165, 1.54) is 37.7 Å². The molecule has 0 atom stereocenters. The van der Waals surface area contributed by atoms with Gasteiger partial charge in [0.25, 0.3) is 0 Å². The van der Waals surface area contributed by atoms with Crippen LogP contribution in [0.15, 0.2) is 29.5 Å². The van der Waals surface area contributed by atoms with E-state index in [4.69, 9.17) is 9.73 Å². The number of ether oxygens (including phenoxy) is 1. The van der Waals surface area contributed by atoms with Crippen molar-refractivity contribution in [2.75, 3.05) is 45.9 Å². The molecule has 0 spiro atoms. The van der Waals surface area contributed by atoms with Crippen LogP contribution in [0.4, 0.5) is 0 Å². The molecular weight excluding hydrogens is 465 g/mol. The Kier molecular flexibility index (Phi) is 10.5. The first-order chi connectivity index (χ1) is 13.3. The van der Waals surface area contributed by atoms with Crippen LogP contribution in [0.2, 0.25) is 0 Å². The van der Waals surface area contributed by atoms with Crippen molar-refractivity contribution < 1.29 is 4.74 Å². The number of nitrogens with zero attached hydrogens (tertiary/aromatic N) is 3. The second-order valence-corrected chi connectivity index (χ2v) is 7.62. The molecule has 0 bridgehead atoms. The number of aromatic nitrogens is 1. The molecule has 0 unspecified atom stereocenters. The van der Waals surface area contributed by atoms with E-state index in [-0.39, 0.29) is 29.5 Å². The standard InChI is InChI=1S/C21H35N5O.HI/c1-2-23-20(24-12-8-19-7-6-11-22-17-19)25-18-21(9-4-3-5-10-21)26-13-15-27-16-14-26;/h6-7,11,17H,2-5,8-10,12-16,18H2,1H3,(H2,23,24,25);1H. The van der Waals surface area contributed by atoms with E-state index < -0.39 is 0 Å². The third kappa shape index (κ3) is 6.84. The molecule has 2 aliphatic rings. The first-order valence-electron chi connectivity index (χ1n) is 10.6. The summed E-state index contributed by atoms with van der Waals surface area (Å²) in [7, 11) is 0. The molecule has 28 heavy (non-hydrogen) atoms. The quantitative estimate of drug-likeness (QED) is 0.342. The second kappa shape index (κ2) is 12.6. The molecule has 0 radical (unpaired) electrons. The Morgan fingerprint density at radius 1 is 1.21 bits per heavy atom. The molecule has 3 rings (SSSR count). The fraction of sp³-hybridized carbons (Fsp3) is 0.714. The summed E-state index contributed by atoms with van der Waals surface area (Å²) in [6, 6.07) is 4.11. The van der Waals surface area contributed by atoms with E-state index in [0.29, 0.717) is 0 Å². The van der Waals surface area contributed by atoms with Crippen LogP contribution < -0.4 is 10.6 Å². The Morgan fingerprint density at radius 3 is 2.68 bits per heavy atom. The molecule has 1 aliphatic carbocycles. The van der Waals surface area contributed by atoms with Gasteiger partial charge in [0.15, 0.2) is 5.96 Å². The molecule has 0 aromatic carbocycles. The lowest BCUT2D eigenvalue weighted by atomic mass is 9.80. The highest BCUT2D eigenvalue weighted by atomic mass is 127. The van der Waals surface area contributed by atoms with E-state index in [1.54, 1.807) is 0 Å². The SMILES string of the molecule is CCNC(=NCC1(N2CCOCC2)CCCCC1)NCCc1cccnc1.I. The summed E-state index contributed by atoms with van der Waals surface area (Å²) in [5.74, 6) is 0.930. The maximum absolute atomic E-state index is 5.59. The smallest absolute Gasteiger partial charge is 0.191 e. The number of nitrogens with one attached hydrogen (secondary N) is 2. The lowest BCUT2D eigenvalue weighted by Gasteiger charge is -2.47. The van der Waals surface area contributed by atoms with E-state index in [0.717, 1.165) is 58.3 Å².